The van der Waals surface area contributed by atoms with Crippen molar-refractivity contribution < 1.29 is 4.39 Å². The van der Waals surface area contributed by atoms with Gasteiger partial charge in [0.25, 0.3) is 0 Å². The zero-order valence-corrected chi connectivity index (χ0v) is 13.3. The van der Waals surface area contributed by atoms with Gasteiger partial charge in [-0.2, -0.15) is 0 Å². The third-order valence-corrected chi connectivity index (χ3v) is 3.66. The van der Waals surface area contributed by atoms with E-state index in [0.717, 1.165) is 18.9 Å². The summed E-state index contributed by atoms with van der Waals surface area (Å²) in [4.78, 5) is 0. The molecular weight excluding hydrogens is 249 g/mol. The van der Waals surface area contributed by atoms with E-state index >= 15 is 0 Å². The Bertz CT molecular complexity index is 345. The Morgan fingerprint density at radius 2 is 1.60 bits per heavy atom. The van der Waals surface area contributed by atoms with Gasteiger partial charge in [0.05, 0.1) is 0 Å². The molecule has 0 aromatic heterocycles. The third-order valence-electron chi connectivity index (χ3n) is 3.66. The van der Waals surface area contributed by atoms with Crippen molar-refractivity contribution >= 4 is 0 Å². The van der Waals surface area contributed by atoms with Crippen LogP contribution in [0.25, 0.3) is 0 Å². The Labute approximate surface area is 124 Å². The number of halogens is 1. The molecule has 0 heterocycles. The first-order valence-electron chi connectivity index (χ1n) is 8.05. The van der Waals surface area contributed by atoms with Crippen LogP contribution in [0.1, 0.15) is 58.4 Å². The average Bonchev–Trinajstić information content (AvgIpc) is 2.40. The highest BCUT2D eigenvalue weighted by atomic mass is 19.1. The van der Waals surface area contributed by atoms with Crippen molar-refractivity contribution in [3.05, 3.63) is 35.6 Å². The molecule has 1 aromatic rings. The fraction of sp³-hybridized carbons (Fsp3) is 0.667. The Balaban J connectivity index is 2.03. The summed E-state index contributed by atoms with van der Waals surface area (Å²) in [7, 11) is 0. The molecule has 1 aromatic carbocycles. The number of unbranched alkanes of at least 4 members (excludes halogenated alkanes) is 3. The summed E-state index contributed by atoms with van der Waals surface area (Å²) in [6, 6.07) is 7.28. The molecule has 0 aliphatic heterocycles. The largest absolute Gasteiger partial charge is 0.314 e. The lowest BCUT2D eigenvalue weighted by Crippen LogP contribution is -2.28. The number of rotatable bonds is 10. The number of nitrogens with one attached hydrogen (secondary N) is 1. The van der Waals surface area contributed by atoms with Gasteiger partial charge >= 0.3 is 0 Å². The first-order chi connectivity index (χ1) is 9.58. The molecule has 1 nitrogen and oxygen atoms in total. The van der Waals surface area contributed by atoms with Gasteiger partial charge in [-0.15, -0.1) is 0 Å². The Morgan fingerprint density at radius 3 is 2.25 bits per heavy atom. The van der Waals surface area contributed by atoms with E-state index in [1.807, 2.05) is 12.1 Å². The lowest BCUT2D eigenvalue weighted by atomic mass is 10.0. The van der Waals surface area contributed by atoms with Crippen LogP contribution >= 0.6 is 0 Å². The minimum Gasteiger partial charge on any atom is -0.314 e. The molecule has 1 rings (SSSR count). The van der Waals surface area contributed by atoms with Crippen molar-refractivity contribution in [2.24, 2.45) is 5.92 Å². The molecule has 1 N–H and O–H groups in total. The topological polar surface area (TPSA) is 12.0 Å². The van der Waals surface area contributed by atoms with E-state index in [9.17, 15) is 4.39 Å². The van der Waals surface area contributed by atoms with Crippen LogP contribution in [0, 0.1) is 11.7 Å². The summed E-state index contributed by atoms with van der Waals surface area (Å²) in [5.74, 6) is 0.680. The van der Waals surface area contributed by atoms with Crippen molar-refractivity contribution in [2.75, 3.05) is 6.54 Å². The summed E-state index contributed by atoms with van der Waals surface area (Å²) in [6.07, 6.45) is 7.62. The van der Waals surface area contributed by atoms with Crippen LogP contribution in [0.2, 0.25) is 0 Å². The smallest absolute Gasteiger partial charge is 0.123 e. The first kappa shape index (κ1) is 17.2. The molecule has 0 radical (unpaired) electrons. The Hall–Kier alpha value is -0.890. The van der Waals surface area contributed by atoms with Crippen molar-refractivity contribution in [3.63, 3.8) is 0 Å². The van der Waals surface area contributed by atoms with Gasteiger partial charge in [-0.1, -0.05) is 51.7 Å². The van der Waals surface area contributed by atoms with Crippen LogP contribution in [0.4, 0.5) is 4.39 Å². The maximum atomic E-state index is 12.8. The van der Waals surface area contributed by atoms with E-state index in [2.05, 4.69) is 26.1 Å². The van der Waals surface area contributed by atoms with E-state index < -0.39 is 0 Å². The summed E-state index contributed by atoms with van der Waals surface area (Å²) >= 11 is 0. The molecule has 0 saturated heterocycles. The predicted octanol–water partition coefficient (Wildman–Crippen LogP) is 4.95. The van der Waals surface area contributed by atoms with Crippen LogP contribution in [-0.4, -0.2) is 12.6 Å². The zero-order chi connectivity index (χ0) is 14.8. The van der Waals surface area contributed by atoms with Gasteiger partial charge in [0.1, 0.15) is 5.82 Å². The molecule has 1 unspecified atom stereocenters. The van der Waals surface area contributed by atoms with E-state index in [4.69, 9.17) is 0 Å². The zero-order valence-electron chi connectivity index (χ0n) is 13.3. The molecule has 0 aliphatic rings. The van der Waals surface area contributed by atoms with Crippen molar-refractivity contribution in [2.45, 2.75) is 65.3 Å². The highest BCUT2D eigenvalue weighted by molar-refractivity contribution is 5.16. The lowest BCUT2D eigenvalue weighted by molar-refractivity contribution is 0.491. The van der Waals surface area contributed by atoms with E-state index in [1.165, 1.54) is 49.8 Å². The van der Waals surface area contributed by atoms with Crippen molar-refractivity contribution in [1.29, 1.82) is 0 Å². The van der Waals surface area contributed by atoms with Crippen LogP contribution in [0.5, 0.6) is 0 Å². The van der Waals surface area contributed by atoms with Crippen molar-refractivity contribution in [3.8, 4) is 0 Å². The van der Waals surface area contributed by atoms with Gasteiger partial charge in [0.15, 0.2) is 0 Å². The molecule has 0 bridgehead atoms. The van der Waals surface area contributed by atoms with Gasteiger partial charge in [-0.3, -0.25) is 0 Å². The summed E-state index contributed by atoms with van der Waals surface area (Å²) in [5.41, 5.74) is 1.20. The SMILES string of the molecule is CC(C)CCCCCCNC(C)Cc1ccc(F)cc1. The summed E-state index contributed by atoms with van der Waals surface area (Å²) in [6.45, 7) is 7.86. The normalized spacial score (nSPS) is 12.8. The molecule has 0 spiro atoms. The highest BCUT2D eigenvalue weighted by Gasteiger charge is 2.03. The fourth-order valence-electron chi connectivity index (χ4n) is 2.43. The third kappa shape index (κ3) is 8.31. The molecular formula is C18H30FN. The monoisotopic (exact) mass is 279 g/mol. The highest BCUT2D eigenvalue weighted by Crippen LogP contribution is 2.09. The second kappa shape index (κ2) is 9.93. The molecule has 114 valence electrons. The first-order valence-corrected chi connectivity index (χ1v) is 8.05. The van der Waals surface area contributed by atoms with Gasteiger partial charge in [0, 0.05) is 6.04 Å². The van der Waals surface area contributed by atoms with Crippen LogP contribution in [-0.2, 0) is 6.42 Å². The number of benzene rings is 1. The molecule has 0 aliphatic carbocycles. The predicted molar refractivity (Wildman–Crippen MR) is 85.5 cm³/mol. The van der Waals surface area contributed by atoms with Crippen molar-refractivity contribution in [1.82, 2.24) is 5.32 Å². The molecule has 1 atom stereocenters. The van der Waals surface area contributed by atoms with Crippen LogP contribution in [0.3, 0.4) is 0 Å². The van der Waals surface area contributed by atoms with Gasteiger partial charge in [-0.25, -0.2) is 4.39 Å². The molecule has 2 heteroatoms. The molecule has 0 amide bonds. The standard InChI is InChI=1S/C18H30FN/c1-15(2)8-6-4-5-7-13-20-16(3)14-17-9-11-18(19)12-10-17/h9-12,15-16,20H,4-8,13-14H2,1-3H3. The Kier molecular flexibility index (Phi) is 8.52. The van der Waals surface area contributed by atoms with Crippen LogP contribution < -0.4 is 5.32 Å². The fourth-order valence-corrected chi connectivity index (χ4v) is 2.43. The number of hydrogen-bond acceptors (Lipinski definition) is 1. The van der Waals surface area contributed by atoms with Gasteiger partial charge < -0.3 is 5.32 Å². The second-order valence-electron chi connectivity index (χ2n) is 6.28. The summed E-state index contributed by atoms with van der Waals surface area (Å²) < 4.78 is 12.8. The summed E-state index contributed by atoms with van der Waals surface area (Å²) in [5, 5.41) is 3.55. The quantitative estimate of drug-likeness (QED) is 0.597. The minimum absolute atomic E-state index is 0.157. The van der Waals surface area contributed by atoms with E-state index in [0.29, 0.717) is 6.04 Å². The second-order valence-corrected chi connectivity index (χ2v) is 6.28. The number of hydrogen-bond donors (Lipinski definition) is 1. The average molecular weight is 279 g/mol. The Morgan fingerprint density at radius 1 is 0.950 bits per heavy atom. The lowest BCUT2D eigenvalue weighted by Gasteiger charge is -2.14. The minimum atomic E-state index is -0.157. The van der Waals surface area contributed by atoms with Crippen LogP contribution in [0.15, 0.2) is 24.3 Å². The van der Waals surface area contributed by atoms with Gasteiger partial charge in [0.2, 0.25) is 0 Å². The maximum Gasteiger partial charge on any atom is 0.123 e. The van der Waals surface area contributed by atoms with E-state index in [-0.39, 0.29) is 5.82 Å². The molecule has 0 saturated carbocycles. The van der Waals surface area contributed by atoms with E-state index in [1.54, 1.807) is 0 Å². The molecule has 0 fully saturated rings. The maximum absolute atomic E-state index is 12.8. The molecule has 20 heavy (non-hydrogen) atoms. The van der Waals surface area contributed by atoms with Gasteiger partial charge in [-0.05, 0) is 49.9 Å².